The maximum Gasteiger partial charge on any atom is 0.327 e. The number of nitrogens with zero attached hydrogens (tertiary/aromatic N) is 1. The van der Waals surface area contributed by atoms with Crippen molar-refractivity contribution in [2.75, 3.05) is 5.32 Å². The molecule has 1 aromatic carbocycles. The molecule has 1 aliphatic rings. The Morgan fingerprint density at radius 3 is 2.64 bits per heavy atom. The van der Waals surface area contributed by atoms with Gasteiger partial charge in [-0.25, -0.2) is 0 Å². The van der Waals surface area contributed by atoms with Crippen LogP contribution >= 0.6 is 34.5 Å². The maximum absolute atomic E-state index is 12.5. The highest BCUT2D eigenvalue weighted by Crippen LogP contribution is 2.38. The van der Waals surface area contributed by atoms with Gasteiger partial charge in [0.15, 0.2) is 0 Å². The average Bonchev–Trinajstić information content (AvgIpc) is 2.86. The van der Waals surface area contributed by atoms with Crippen molar-refractivity contribution in [3.05, 3.63) is 54.7 Å². The van der Waals surface area contributed by atoms with E-state index in [2.05, 4.69) is 15.8 Å². The highest BCUT2D eigenvalue weighted by Gasteiger charge is 2.37. The first-order valence-electron chi connectivity index (χ1n) is 7.30. The Bertz CT molecular complexity index is 912. The number of anilines is 1. The van der Waals surface area contributed by atoms with E-state index < -0.39 is 11.6 Å². The van der Waals surface area contributed by atoms with Crippen molar-refractivity contribution in [3.8, 4) is 0 Å². The van der Waals surface area contributed by atoms with Crippen LogP contribution in [0.4, 0.5) is 5.00 Å². The molecule has 2 heterocycles. The van der Waals surface area contributed by atoms with E-state index in [1.165, 1.54) is 0 Å². The SMILES string of the molecule is Cc1c(C(=O)N=O)sc2c1C(=O)NC(C)(Cc1ccc(Cl)c(Cl)c1)N2. The molecule has 2 amide bonds. The summed E-state index contributed by atoms with van der Waals surface area (Å²) in [4.78, 5) is 34.9. The number of carbonyl (C=O) groups excluding carboxylic acids is 2. The fraction of sp³-hybridized carbons (Fsp3) is 0.250. The molecule has 130 valence electrons. The summed E-state index contributed by atoms with van der Waals surface area (Å²) in [5, 5.41) is 10.0. The number of fused-ring (bicyclic) bond motifs is 1. The summed E-state index contributed by atoms with van der Waals surface area (Å²) < 4.78 is 0. The summed E-state index contributed by atoms with van der Waals surface area (Å²) in [6, 6.07) is 5.26. The van der Waals surface area contributed by atoms with Crippen LogP contribution < -0.4 is 10.6 Å². The predicted molar refractivity (Wildman–Crippen MR) is 98.8 cm³/mol. The zero-order valence-electron chi connectivity index (χ0n) is 13.3. The van der Waals surface area contributed by atoms with Gasteiger partial charge in [-0.05, 0) is 37.1 Å². The van der Waals surface area contributed by atoms with Crippen LogP contribution in [-0.4, -0.2) is 17.5 Å². The van der Waals surface area contributed by atoms with Gasteiger partial charge in [-0.3, -0.25) is 9.59 Å². The van der Waals surface area contributed by atoms with Crippen LogP contribution in [0.5, 0.6) is 0 Å². The van der Waals surface area contributed by atoms with Crippen LogP contribution in [0.2, 0.25) is 10.0 Å². The van der Waals surface area contributed by atoms with Crippen molar-refractivity contribution < 1.29 is 9.59 Å². The monoisotopic (exact) mass is 397 g/mol. The fourth-order valence-corrected chi connectivity index (χ4v) is 4.39. The Balaban J connectivity index is 1.94. The van der Waals surface area contributed by atoms with Crippen LogP contribution in [0, 0.1) is 11.8 Å². The summed E-state index contributed by atoms with van der Waals surface area (Å²) in [6.45, 7) is 3.45. The number of carbonyl (C=O) groups is 2. The number of thiophene rings is 1. The topological polar surface area (TPSA) is 87.6 Å². The summed E-state index contributed by atoms with van der Waals surface area (Å²) in [7, 11) is 0. The fourth-order valence-electron chi connectivity index (χ4n) is 2.86. The molecule has 25 heavy (non-hydrogen) atoms. The molecule has 0 aliphatic carbocycles. The summed E-state index contributed by atoms with van der Waals surface area (Å²) in [6.07, 6.45) is 0.446. The van der Waals surface area contributed by atoms with Gasteiger partial charge in [0.25, 0.3) is 5.91 Å². The summed E-state index contributed by atoms with van der Waals surface area (Å²) in [5.41, 5.74) is 0.912. The van der Waals surface area contributed by atoms with Gasteiger partial charge in [0.1, 0.15) is 15.5 Å². The minimum absolute atomic E-state index is 0.168. The van der Waals surface area contributed by atoms with Gasteiger partial charge in [0.05, 0.1) is 15.6 Å². The summed E-state index contributed by atoms with van der Waals surface area (Å²) >= 11 is 13.0. The quantitative estimate of drug-likeness (QED) is 0.751. The van der Waals surface area contributed by atoms with Crippen LogP contribution in [0.3, 0.4) is 0 Å². The number of benzene rings is 1. The predicted octanol–water partition coefficient (Wildman–Crippen LogP) is 4.38. The molecule has 2 N–H and O–H groups in total. The Morgan fingerprint density at radius 2 is 2.00 bits per heavy atom. The number of halogens is 2. The lowest BCUT2D eigenvalue weighted by Crippen LogP contribution is -2.56. The van der Waals surface area contributed by atoms with Crippen molar-refractivity contribution in [3.63, 3.8) is 0 Å². The van der Waals surface area contributed by atoms with E-state index in [9.17, 15) is 14.5 Å². The zero-order valence-corrected chi connectivity index (χ0v) is 15.6. The van der Waals surface area contributed by atoms with Gasteiger partial charge in [-0.15, -0.1) is 16.2 Å². The van der Waals surface area contributed by atoms with Gasteiger partial charge in [0.2, 0.25) is 0 Å². The van der Waals surface area contributed by atoms with E-state index in [0.717, 1.165) is 16.9 Å². The number of amides is 2. The van der Waals surface area contributed by atoms with Gasteiger partial charge < -0.3 is 10.6 Å². The molecule has 1 atom stereocenters. The minimum atomic E-state index is -0.877. The van der Waals surface area contributed by atoms with Gasteiger partial charge in [0, 0.05) is 11.6 Å². The first-order chi connectivity index (χ1) is 11.7. The number of hydrogen-bond donors (Lipinski definition) is 2. The molecule has 9 heteroatoms. The molecule has 0 spiro atoms. The minimum Gasteiger partial charge on any atom is -0.354 e. The lowest BCUT2D eigenvalue weighted by molar-refractivity contribution is 0.0907. The van der Waals surface area contributed by atoms with Gasteiger partial charge in [-0.1, -0.05) is 29.3 Å². The second kappa shape index (κ2) is 6.40. The number of rotatable bonds is 3. The zero-order chi connectivity index (χ0) is 18.4. The molecule has 1 aliphatic heterocycles. The van der Waals surface area contributed by atoms with E-state index in [4.69, 9.17) is 23.2 Å². The van der Waals surface area contributed by atoms with Crippen molar-refractivity contribution in [1.82, 2.24) is 5.32 Å². The largest absolute Gasteiger partial charge is 0.354 e. The second-order valence-corrected chi connectivity index (χ2v) is 7.83. The van der Waals surface area contributed by atoms with E-state index in [-0.39, 0.29) is 10.8 Å². The third-order valence-electron chi connectivity index (χ3n) is 3.97. The molecule has 0 radical (unpaired) electrons. The third kappa shape index (κ3) is 3.27. The first-order valence-corrected chi connectivity index (χ1v) is 8.87. The van der Waals surface area contributed by atoms with Crippen LogP contribution in [0.15, 0.2) is 23.4 Å². The Morgan fingerprint density at radius 1 is 1.28 bits per heavy atom. The molecular formula is C16H13Cl2N3O3S. The molecular weight excluding hydrogens is 385 g/mol. The summed E-state index contributed by atoms with van der Waals surface area (Å²) in [5.74, 6) is -1.19. The second-order valence-electron chi connectivity index (χ2n) is 5.99. The average molecular weight is 398 g/mol. The molecule has 6 nitrogen and oxygen atoms in total. The van der Waals surface area contributed by atoms with Crippen LogP contribution in [-0.2, 0) is 6.42 Å². The number of nitroso groups, excluding NO2 is 1. The molecule has 0 fully saturated rings. The van der Waals surface area contributed by atoms with Crippen LogP contribution in [0.1, 0.15) is 38.1 Å². The molecule has 3 rings (SSSR count). The van der Waals surface area contributed by atoms with Crippen molar-refractivity contribution in [1.29, 1.82) is 0 Å². The maximum atomic E-state index is 12.5. The van der Waals surface area contributed by atoms with Crippen molar-refractivity contribution in [2.45, 2.75) is 25.9 Å². The van der Waals surface area contributed by atoms with E-state index in [0.29, 0.717) is 32.6 Å². The highest BCUT2D eigenvalue weighted by molar-refractivity contribution is 7.18. The molecule has 0 saturated carbocycles. The lowest BCUT2D eigenvalue weighted by Gasteiger charge is -2.36. The Kier molecular flexibility index (Phi) is 4.57. The van der Waals surface area contributed by atoms with Crippen molar-refractivity contribution in [2.24, 2.45) is 5.18 Å². The molecule has 2 aromatic rings. The standard InChI is InChI=1S/C16H13Cl2N3O3S/c1-7-11-13(22)19-16(2,6-8-3-4-9(17)10(18)5-8)20-15(11)25-12(7)14(23)21-24/h3-5,20H,6H2,1-2H3,(H,19,22). The number of nitrogens with one attached hydrogen (secondary N) is 2. The Hall–Kier alpha value is -1.96. The first kappa shape index (κ1) is 17.8. The molecule has 0 bridgehead atoms. The van der Waals surface area contributed by atoms with Crippen molar-refractivity contribution >= 4 is 51.4 Å². The smallest absolute Gasteiger partial charge is 0.327 e. The van der Waals surface area contributed by atoms with Gasteiger partial charge >= 0.3 is 5.91 Å². The Labute approximate surface area is 157 Å². The third-order valence-corrected chi connectivity index (χ3v) is 5.91. The van der Waals surface area contributed by atoms with E-state index in [1.54, 1.807) is 19.1 Å². The molecule has 1 unspecified atom stereocenters. The van der Waals surface area contributed by atoms with Gasteiger partial charge in [-0.2, -0.15) is 0 Å². The van der Waals surface area contributed by atoms with E-state index in [1.807, 2.05) is 13.0 Å². The molecule has 1 aromatic heterocycles. The van der Waals surface area contributed by atoms with Crippen LogP contribution in [0.25, 0.3) is 0 Å². The van der Waals surface area contributed by atoms with E-state index >= 15 is 0 Å². The molecule has 0 saturated heterocycles. The number of hydrogen-bond acceptors (Lipinski definition) is 5. The highest BCUT2D eigenvalue weighted by atomic mass is 35.5. The lowest BCUT2D eigenvalue weighted by atomic mass is 9.97. The normalized spacial score (nSPS) is 19.0.